The minimum Gasteiger partial charge on any atom is -0.503 e. The van der Waals surface area contributed by atoms with Gasteiger partial charge in [0.05, 0.1) is 25.3 Å². The third-order valence-corrected chi connectivity index (χ3v) is 6.05. The van der Waals surface area contributed by atoms with Crippen molar-refractivity contribution in [2.75, 3.05) is 13.7 Å². The van der Waals surface area contributed by atoms with Crippen LogP contribution in [0.15, 0.2) is 89.1 Å². The summed E-state index contributed by atoms with van der Waals surface area (Å²) in [5, 5.41) is 11.6. The van der Waals surface area contributed by atoms with Gasteiger partial charge in [-0.3, -0.25) is 14.6 Å². The fourth-order valence-corrected chi connectivity index (χ4v) is 4.36. The molecule has 2 N–H and O–H groups in total. The third kappa shape index (κ3) is 3.83. The standard InChI is InChI=1S/C26H23N3O5/c1-33-19-9-7-17(8-10-19)23-22(24(30)21-15-18-5-2-3-6-20(18)34-21)25(31)26(32)29(23)13-4-12-28-14-11-27-16-28/h2-3,5-11,14-16,23H,4,12-13H2,1H3,(H,30,31)/p+1. The summed E-state index contributed by atoms with van der Waals surface area (Å²) in [6, 6.07) is 15.3. The normalized spacial score (nSPS) is 16.0. The Morgan fingerprint density at radius 1 is 1.21 bits per heavy atom. The highest BCUT2D eigenvalue weighted by Gasteiger charge is 2.44. The number of methoxy groups -OCH3 is 1. The van der Waals surface area contributed by atoms with Gasteiger partial charge in [0.2, 0.25) is 12.1 Å². The van der Waals surface area contributed by atoms with Gasteiger partial charge in [0, 0.05) is 18.4 Å². The molecule has 0 bridgehead atoms. The number of imidazole rings is 1. The fourth-order valence-electron chi connectivity index (χ4n) is 4.36. The maximum atomic E-state index is 13.6. The van der Waals surface area contributed by atoms with Crippen molar-refractivity contribution in [1.29, 1.82) is 0 Å². The Hall–Kier alpha value is -4.33. The van der Waals surface area contributed by atoms with E-state index in [-0.39, 0.29) is 11.3 Å². The van der Waals surface area contributed by atoms with Gasteiger partial charge in [-0.25, -0.2) is 4.57 Å². The Labute approximate surface area is 195 Å². The second-order valence-electron chi connectivity index (χ2n) is 8.12. The first kappa shape index (κ1) is 21.5. The van der Waals surface area contributed by atoms with Gasteiger partial charge in [-0.2, -0.15) is 0 Å². The number of hydrogen-bond acceptors (Lipinski definition) is 5. The van der Waals surface area contributed by atoms with Gasteiger partial charge in [0.15, 0.2) is 11.5 Å². The summed E-state index contributed by atoms with van der Waals surface area (Å²) >= 11 is 0. The average molecular weight is 458 g/mol. The molecule has 1 amide bonds. The van der Waals surface area contributed by atoms with Gasteiger partial charge in [-0.15, -0.1) is 0 Å². The molecule has 2 aromatic heterocycles. The molecule has 5 rings (SSSR count). The van der Waals surface area contributed by atoms with E-state index in [1.54, 1.807) is 48.4 Å². The van der Waals surface area contributed by atoms with E-state index < -0.39 is 23.5 Å². The number of fused-ring (bicyclic) bond motifs is 1. The summed E-state index contributed by atoms with van der Waals surface area (Å²) in [6.07, 6.45) is 6.19. The van der Waals surface area contributed by atoms with Crippen molar-refractivity contribution in [1.82, 2.24) is 9.88 Å². The molecule has 1 unspecified atom stereocenters. The van der Waals surface area contributed by atoms with Crippen LogP contribution in [0.2, 0.25) is 0 Å². The molecule has 0 saturated heterocycles. The highest BCUT2D eigenvalue weighted by molar-refractivity contribution is 6.16. The molecule has 8 heteroatoms. The lowest BCUT2D eigenvalue weighted by atomic mass is 9.95. The summed E-state index contributed by atoms with van der Waals surface area (Å²) in [6.45, 7) is 1.03. The average Bonchev–Trinajstić information content (AvgIpc) is 3.59. The molecule has 8 nitrogen and oxygen atoms in total. The number of aliphatic hydroxyl groups excluding tert-OH is 1. The largest absolute Gasteiger partial charge is 0.503 e. The molecular formula is C26H24N3O5+. The number of aryl methyl sites for hydroxylation is 1. The first-order chi connectivity index (χ1) is 16.6. The van der Waals surface area contributed by atoms with Crippen molar-refractivity contribution in [2.45, 2.75) is 19.0 Å². The van der Waals surface area contributed by atoms with Gasteiger partial charge in [0.25, 0.3) is 5.91 Å². The zero-order valence-electron chi connectivity index (χ0n) is 18.6. The van der Waals surface area contributed by atoms with E-state index in [1.165, 1.54) is 0 Å². The number of nitrogens with zero attached hydrogens (tertiary/aromatic N) is 2. The SMILES string of the molecule is COc1ccc(C2C(C(=O)c3cc4ccccc4o3)=C(O)C(=O)N2CCC[n+]2cc[nH]c2)cc1. The van der Waals surface area contributed by atoms with Crippen LogP contribution in [0.3, 0.4) is 0 Å². The van der Waals surface area contributed by atoms with Crippen molar-refractivity contribution >= 4 is 22.7 Å². The van der Waals surface area contributed by atoms with Crippen LogP contribution in [-0.2, 0) is 11.3 Å². The van der Waals surface area contributed by atoms with Gasteiger partial charge in [-0.1, -0.05) is 30.3 Å². The number of para-hydroxylation sites is 1. The van der Waals surface area contributed by atoms with Crippen molar-refractivity contribution in [3.8, 4) is 5.75 Å². The van der Waals surface area contributed by atoms with Crippen molar-refractivity contribution < 1.29 is 28.4 Å². The van der Waals surface area contributed by atoms with Crippen LogP contribution in [0.1, 0.15) is 28.6 Å². The molecule has 0 radical (unpaired) electrons. The van der Waals surface area contributed by atoms with E-state index in [4.69, 9.17) is 9.15 Å². The second kappa shape index (κ2) is 8.90. The van der Waals surface area contributed by atoms with Crippen LogP contribution >= 0.6 is 0 Å². The van der Waals surface area contributed by atoms with Crippen LogP contribution < -0.4 is 9.30 Å². The highest BCUT2D eigenvalue weighted by atomic mass is 16.5. The topological polar surface area (TPSA) is 99.7 Å². The highest BCUT2D eigenvalue weighted by Crippen LogP contribution is 2.40. The number of benzene rings is 2. The number of furan rings is 1. The third-order valence-electron chi connectivity index (χ3n) is 6.05. The van der Waals surface area contributed by atoms with Crippen LogP contribution in [0.5, 0.6) is 5.75 Å². The molecule has 172 valence electrons. The monoisotopic (exact) mass is 458 g/mol. The molecule has 2 aromatic carbocycles. The van der Waals surface area contributed by atoms with Gasteiger partial charge < -0.3 is 19.2 Å². The number of amides is 1. The molecule has 1 atom stereocenters. The number of nitrogens with one attached hydrogen (secondary N) is 1. The molecule has 1 aliphatic heterocycles. The quantitative estimate of drug-likeness (QED) is 0.310. The van der Waals surface area contributed by atoms with E-state index in [1.807, 2.05) is 41.5 Å². The zero-order valence-corrected chi connectivity index (χ0v) is 18.6. The zero-order chi connectivity index (χ0) is 23.7. The molecule has 0 saturated carbocycles. The molecule has 0 fully saturated rings. The second-order valence-corrected chi connectivity index (χ2v) is 8.12. The van der Waals surface area contributed by atoms with E-state index in [0.29, 0.717) is 36.4 Å². The lowest BCUT2D eigenvalue weighted by Gasteiger charge is -2.26. The van der Waals surface area contributed by atoms with Crippen molar-refractivity contribution in [3.05, 3.63) is 96.0 Å². The number of aromatic amines is 1. The summed E-state index contributed by atoms with van der Waals surface area (Å²) in [5.74, 6) is -0.883. The number of ether oxygens (including phenoxy) is 1. The summed E-state index contributed by atoms with van der Waals surface area (Å²) in [4.78, 5) is 31.2. The predicted octanol–water partition coefficient (Wildman–Crippen LogP) is 3.73. The van der Waals surface area contributed by atoms with Crippen LogP contribution in [-0.4, -0.2) is 40.3 Å². The first-order valence-electron chi connectivity index (χ1n) is 11.0. The molecular weight excluding hydrogens is 434 g/mol. The molecule has 3 heterocycles. The van der Waals surface area contributed by atoms with E-state index in [0.717, 1.165) is 5.39 Å². The van der Waals surface area contributed by atoms with Crippen LogP contribution in [0.4, 0.5) is 0 Å². The number of carbonyl (C=O) groups excluding carboxylic acids is 2. The van der Waals surface area contributed by atoms with Gasteiger partial charge >= 0.3 is 0 Å². The molecule has 0 aliphatic carbocycles. The number of aromatic nitrogens is 2. The van der Waals surface area contributed by atoms with Crippen molar-refractivity contribution in [2.24, 2.45) is 0 Å². The lowest BCUT2D eigenvalue weighted by Crippen LogP contribution is -2.36. The number of rotatable bonds is 8. The Bertz CT molecular complexity index is 1340. The Balaban J connectivity index is 1.50. The minimum atomic E-state index is -0.740. The maximum Gasteiger partial charge on any atom is 0.290 e. The van der Waals surface area contributed by atoms with E-state index in [2.05, 4.69) is 4.98 Å². The predicted molar refractivity (Wildman–Crippen MR) is 123 cm³/mol. The number of aliphatic hydroxyl groups is 1. The number of Topliss-reactive ketones (excluding diaryl/α,β-unsaturated/α-hetero) is 1. The number of hydrogen-bond donors (Lipinski definition) is 2. The number of ketones is 1. The fraction of sp³-hybridized carbons (Fsp3) is 0.192. The molecule has 34 heavy (non-hydrogen) atoms. The molecule has 0 spiro atoms. The summed E-state index contributed by atoms with van der Waals surface area (Å²) in [5.41, 5.74) is 1.28. The maximum absolute atomic E-state index is 13.6. The van der Waals surface area contributed by atoms with Crippen molar-refractivity contribution in [3.63, 3.8) is 0 Å². The molecule has 4 aromatic rings. The molecule has 1 aliphatic rings. The van der Waals surface area contributed by atoms with Crippen LogP contribution in [0, 0.1) is 0 Å². The smallest absolute Gasteiger partial charge is 0.290 e. The van der Waals surface area contributed by atoms with E-state index >= 15 is 0 Å². The Kier molecular flexibility index (Phi) is 5.63. The van der Waals surface area contributed by atoms with E-state index in [9.17, 15) is 14.7 Å². The first-order valence-corrected chi connectivity index (χ1v) is 11.0. The number of H-pyrrole nitrogens is 1. The van der Waals surface area contributed by atoms with Crippen LogP contribution in [0.25, 0.3) is 11.0 Å². The Morgan fingerprint density at radius 2 is 2.00 bits per heavy atom. The number of carbonyl (C=O) groups is 2. The van der Waals surface area contributed by atoms with Gasteiger partial charge in [0.1, 0.15) is 23.7 Å². The lowest BCUT2D eigenvalue weighted by molar-refractivity contribution is -0.695. The summed E-state index contributed by atoms with van der Waals surface area (Å²) in [7, 11) is 1.57. The summed E-state index contributed by atoms with van der Waals surface area (Å²) < 4.78 is 13.0. The van der Waals surface area contributed by atoms with Gasteiger partial charge in [-0.05, 0) is 29.8 Å². The Morgan fingerprint density at radius 3 is 2.71 bits per heavy atom. The minimum absolute atomic E-state index is 0.0171.